The molecule has 2 rings (SSSR count). The van der Waals surface area contributed by atoms with Crippen LogP contribution in [0.5, 0.6) is 0 Å². The Hall–Kier alpha value is -1.73. The zero-order valence-electron chi connectivity index (χ0n) is 10.7. The van der Waals surface area contributed by atoms with E-state index in [2.05, 4.69) is 26.6 Å². The molecule has 1 heterocycles. The average molecular weight is 340 g/mol. The maximum Gasteiger partial charge on any atom is 0.283 e. The average Bonchev–Trinajstić information content (AvgIpc) is 2.45. The summed E-state index contributed by atoms with van der Waals surface area (Å²) in [5.41, 5.74) is 1.01. The van der Waals surface area contributed by atoms with Crippen LogP contribution in [-0.4, -0.2) is 30.5 Å². The number of carbonyl (C=O) groups is 1. The Morgan fingerprint density at radius 1 is 1.50 bits per heavy atom. The molecule has 1 amide bonds. The van der Waals surface area contributed by atoms with E-state index in [4.69, 9.17) is 0 Å². The second-order valence-corrected chi connectivity index (χ2v) is 5.33. The van der Waals surface area contributed by atoms with Crippen LogP contribution in [0.1, 0.15) is 16.8 Å². The van der Waals surface area contributed by atoms with Gasteiger partial charge in [0.15, 0.2) is 0 Å². The summed E-state index contributed by atoms with van der Waals surface area (Å²) in [5.74, 6) is -0.427. The molecule has 106 valence electrons. The van der Waals surface area contributed by atoms with E-state index in [1.807, 2.05) is 6.08 Å². The maximum atomic E-state index is 12.1. The normalized spacial score (nSPS) is 14.6. The molecule has 0 radical (unpaired) electrons. The third-order valence-corrected chi connectivity index (χ3v) is 3.53. The number of hydrogen-bond donors (Lipinski definition) is 2. The van der Waals surface area contributed by atoms with E-state index >= 15 is 0 Å². The number of hydrogen-bond acceptors (Lipinski definition) is 4. The van der Waals surface area contributed by atoms with Crippen molar-refractivity contribution in [2.75, 3.05) is 19.6 Å². The van der Waals surface area contributed by atoms with Gasteiger partial charge in [0, 0.05) is 23.6 Å². The van der Waals surface area contributed by atoms with Crippen molar-refractivity contribution in [2.24, 2.45) is 0 Å². The zero-order chi connectivity index (χ0) is 14.5. The van der Waals surface area contributed by atoms with E-state index in [0.717, 1.165) is 25.1 Å². The third-order valence-electron chi connectivity index (χ3n) is 3.04. The van der Waals surface area contributed by atoms with Crippen LogP contribution in [0, 0.1) is 10.1 Å². The summed E-state index contributed by atoms with van der Waals surface area (Å²) in [5, 5.41) is 16.9. The van der Waals surface area contributed by atoms with Crippen LogP contribution in [0.2, 0.25) is 0 Å². The van der Waals surface area contributed by atoms with Crippen molar-refractivity contribution in [1.29, 1.82) is 0 Å². The Morgan fingerprint density at radius 2 is 2.30 bits per heavy atom. The first-order valence-corrected chi connectivity index (χ1v) is 6.98. The lowest BCUT2D eigenvalue weighted by atomic mass is 10.1. The number of amides is 1. The first-order valence-electron chi connectivity index (χ1n) is 6.18. The predicted molar refractivity (Wildman–Crippen MR) is 78.7 cm³/mol. The highest BCUT2D eigenvalue weighted by molar-refractivity contribution is 9.10. The molecule has 0 aliphatic carbocycles. The Labute approximate surface area is 124 Å². The monoisotopic (exact) mass is 339 g/mol. The number of benzene rings is 1. The smallest absolute Gasteiger partial charge is 0.283 e. The molecular weight excluding hydrogens is 326 g/mol. The molecule has 0 saturated heterocycles. The molecule has 0 bridgehead atoms. The van der Waals surface area contributed by atoms with Crippen molar-refractivity contribution in [2.45, 2.75) is 6.42 Å². The van der Waals surface area contributed by atoms with Gasteiger partial charge in [-0.05, 0) is 25.1 Å². The van der Waals surface area contributed by atoms with Crippen molar-refractivity contribution >= 4 is 27.5 Å². The van der Waals surface area contributed by atoms with Gasteiger partial charge in [0.1, 0.15) is 5.56 Å². The summed E-state index contributed by atoms with van der Waals surface area (Å²) in [6.45, 7) is 2.11. The molecule has 0 fully saturated rings. The van der Waals surface area contributed by atoms with E-state index in [1.165, 1.54) is 12.1 Å². The largest absolute Gasteiger partial charge is 0.348 e. The second-order valence-electron chi connectivity index (χ2n) is 4.42. The SMILES string of the molecule is O=C(NCC1=CCNCC1)c1ccc(Br)cc1[N+](=O)[O-]. The number of carbonyl (C=O) groups excluding carboxylic acids is 1. The van der Waals surface area contributed by atoms with E-state index in [9.17, 15) is 14.9 Å². The molecule has 1 aromatic carbocycles. The molecule has 20 heavy (non-hydrogen) atoms. The highest BCUT2D eigenvalue weighted by atomic mass is 79.9. The number of halogens is 1. The molecular formula is C13H14BrN3O3. The molecule has 0 aromatic heterocycles. The first-order chi connectivity index (χ1) is 9.58. The fourth-order valence-electron chi connectivity index (χ4n) is 1.97. The third kappa shape index (κ3) is 3.64. The Morgan fingerprint density at radius 3 is 2.95 bits per heavy atom. The number of nitro benzene ring substituents is 1. The van der Waals surface area contributed by atoms with Crippen LogP contribution in [-0.2, 0) is 0 Å². The van der Waals surface area contributed by atoms with Crippen LogP contribution in [0.4, 0.5) is 5.69 Å². The second kappa shape index (κ2) is 6.62. The topological polar surface area (TPSA) is 84.3 Å². The van der Waals surface area contributed by atoms with Crippen LogP contribution in [0.15, 0.2) is 34.3 Å². The minimum absolute atomic E-state index is 0.0766. The molecule has 0 saturated carbocycles. The number of nitrogens with zero attached hydrogens (tertiary/aromatic N) is 1. The van der Waals surface area contributed by atoms with Crippen LogP contribution in [0.3, 0.4) is 0 Å². The van der Waals surface area contributed by atoms with E-state index < -0.39 is 10.8 Å². The molecule has 0 unspecified atom stereocenters. The van der Waals surface area contributed by atoms with Crippen LogP contribution in [0.25, 0.3) is 0 Å². The lowest BCUT2D eigenvalue weighted by Crippen LogP contribution is -2.30. The molecule has 1 aromatic rings. The molecule has 0 atom stereocenters. The van der Waals surface area contributed by atoms with Gasteiger partial charge in [0.25, 0.3) is 11.6 Å². The van der Waals surface area contributed by atoms with Gasteiger partial charge in [0.05, 0.1) is 4.92 Å². The van der Waals surface area contributed by atoms with Crippen molar-refractivity contribution in [3.8, 4) is 0 Å². The summed E-state index contributed by atoms with van der Waals surface area (Å²) in [7, 11) is 0. The van der Waals surface area contributed by atoms with Gasteiger partial charge >= 0.3 is 0 Å². The molecule has 2 N–H and O–H groups in total. The fraction of sp³-hybridized carbons (Fsp3) is 0.308. The quantitative estimate of drug-likeness (QED) is 0.499. The lowest BCUT2D eigenvalue weighted by molar-refractivity contribution is -0.385. The van der Waals surface area contributed by atoms with Crippen molar-refractivity contribution in [3.63, 3.8) is 0 Å². The maximum absolute atomic E-state index is 12.1. The molecule has 0 spiro atoms. The first kappa shape index (κ1) is 14.7. The van der Waals surface area contributed by atoms with Gasteiger partial charge < -0.3 is 10.6 Å². The van der Waals surface area contributed by atoms with Crippen molar-refractivity contribution < 1.29 is 9.72 Å². The summed E-state index contributed by atoms with van der Waals surface area (Å²) in [6, 6.07) is 4.40. The van der Waals surface area contributed by atoms with Crippen molar-refractivity contribution in [3.05, 3.63) is 50.0 Å². The van der Waals surface area contributed by atoms with Gasteiger partial charge in [-0.1, -0.05) is 27.6 Å². The fourth-order valence-corrected chi connectivity index (χ4v) is 2.32. The molecule has 6 nitrogen and oxygen atoms in total. The summed E-state index contributed by atoms with van der Waals surface area (Å²) >= 11 is 3.16. The minimum atomic E-state index is -0.552. The van der Waals surface area contributed by atoms with E-state index in [-0.39, 0.29) is 11.3 Å². The summed E-state index contributed by atoms with van der Waals surface area (Å²) in [6.07, 6.45) is 2.91. The van der Waals surface area contributed by atoms with Crippen LogP contribution >= 0.6 is 15.9 Å². The van der Waals surface area contributed by atoms with Gasteiger partial charge in [0.2, 0.25) is 0 Å². The van der Waals surface area contributed by atoms with Crippen molar-refractivity contribution in [1.82, 2.24) is 10.6 Å². The molecule has 1 aliphatic rings. The Bertz CT molecular complexity index is 572. The highest BCUT2D eigenvalue weighted by Crippen LogP contribution is 2.23. The van der Waals surface area contributed by atoms with E-state index in [0.29, 0.717) is 11.0 Å². The van der Waals surface area contributed by atoms with E-state index in [1.54, 1.807) is 6.07 Å². The summed E-state index contributed by atoms with van der Waals surface area (Å²) < 4.78 is 0.571. The number of nitrogens with one attached hydrogen (secondary N) is 2. The molecule has 1 aliphatic heterocycles. The predicted octanol–water partition coefficient (Wildman–Crippen LogP) is 2.01. The minimum Gasteiger partial charge on any atom is -0.348 e. The highest BCUT2D eigenvalue weighted by Gasteiger charge is 2.20. The zero-order valence-corrected chi connectivity index (χ0v) is 12.3. The summed E-state index contributed by atoms with van der Waals surface area (Å²) in [4.78, 5) is 22.5. The molecule has 7 heteroatoms. The lowest BCUT2D eigenvalue weighted by Gasteiger charge is -2.14. The number of nitro groups is 1. The van der Waals surface area contributed by atoms with Gasteiger partial charge in [-0.2, -0.15) is 0 Å². The van der Waals surface area contributed by atoms with Gasteiger partial charge in [-0.25, -0.2) is 0 Å². The Balaban J connectivity index is 2.09. The van der Waals surface area contributed by atoms with Gasteiger partial charge in [-0.3, -0.25) is 14.9 Å². The number of rotatable bonds is 4. The Kier molecular flexibility index (Phi) is 4.86. The van der Waals surface area contributed by atoms with Crippen LogP contribution < -0.4 is 10.6 Å². The van der Waals surface area contributed by atoms with Gasteiger partial charge in [-0.15, -0.1) is 0 Å². The standard InChI is InChI=1S/C13H14BrN3O3/c14-10-1-2-11(12(7-10)17(19)20)13(18)16-8-9-3-5-15-6-4-9/h1-3,7,15H,4-6,8H2,(H,16,18).